The van der Waals surface area contributed by atoms with Gasteiger partial charge in [-0.3, -0.25) is 4.79 Å². The molecule has 1 atom stereocenters. The summed E-state index contributed by atoms with van der Waals surface area (Å²) < 4.78 is 26.9. The van der Waals surface area contributed by atoms with Crippen LogP contribution < -0.4 is 0 Å². The third-order valence-electron chi connectivity index (χ3n) is 4.03. The Labute approximate surface area is 126 Å². The van der Waals surface area contributed by atoms with Gasteiger partial charge in [-0.2, -0.15) is 4.31 Å². The predicted octanol–water partition coefficient (Wildman–Crippen LogP) is 1.60. The van der Waals surface area contributed by atoms with Crippen molar-refractivity contribution in [2.75, 3.05) is 27.2 Å². The molecule has 116 valence electrons. The number of sulfonamides is 1. The number of rotatable bonds is 4. The fraction of sp³-hybridized carbons (Fsp3) is 0.533. The molecule has 0 radical (unpaired) electrons. The van der Waals surface area contributed by atoms with Gasteiger partial charge in [0.05, 0.1) is 4.90 Å². The standard InChI is InChI=1S/C15H22N2O3S/c1-12(18)13-6-4-8-15(10-13)21(19,20)17(3)14-7-5-9-16(2)11-14/h4,6,8,10,14H,5,7,9,11H2,1-3H3. The van der Waals surface area contributed by atoms with Crippen LogP contribution in [0, 0.1) is 0 Å². The van der Waals surface area contributed by atoms with E-state index in [1.165, 1.54) is 17.3 Å². The number of likely N-dealkylation sites (N-methyl/N-ethyl adjacent to an activating group) is 2. The Kier molecular flexibility index (Phi) is 4.81. The van der Waals surface area contributed by atoms with Crippen molar-refractivity contribution in [3.8, 4) is 0 Å². The van der Waals surface area contributed by atoms with Crippen LogP contribution in [0.25, 0.3) is 0 Å². The summed E-state index contributed by atoms with van der Waals surface area (Å²) in [4.78, 5) is 13.8. The normalized spacial score (nSPS) is 20.7. The first-order valence-electron chi connectivity index (χ1n) is 7.10. The lowest BCUT2D eigenvalue weighted by Crippen LogP contribution is -2.47. The van der Waals surface area contributed by atoms with Crippen molar-refractivity contribution in [3.63, 3.8) is 0 Å². The molecular formula is C15H22N2O3S. The molecule has 0 bridgehead atoms. The van der Waals surface area contributed by atoms with Gasteiger partial charge in [-0.15, -0.1) is 0 Å². The number of nitrogens with zero attached hydrogens (tertiary/aromatic N) is 2. The second-order valence-corrected chi connectivity index (χ2v) is 7.66. The van der Waals surface area contributed by atoms with Crippen molar-refractivity contribution in [1.29, 1.82) is 0 Å². The summed E-state index contributed by atoms with van der Waals surface area (Å²) in [6.07, 6.45) is 1.86. The average molecular weight is 310 g/mol. The lowest BCUT2D eigenvalue weighted by atomic mass is 10.1. The van der Waals surface area contributed by atoms with Crippen LogP contribution in [0.1, 0.15) is 30.1 Å². The van der Waals surface area contributed by atoms with Gasteiger partial charge in [-0.05, 0) is 45.5 Å². The van der Waals surface area contributed by atoms with Gasteiger partial charge in [0.15, 0.2) is 5.78 Å². The molecule has 0 spiro atoms. The number of piperidine rings is 1. The highest BCUT2D eigenvalue weighted by atomic mass is 32.2. The van der Waals surface area contributed by atoms with E-state index in [9.17, 15) is 13.2 Å². The lowest BCUT2D eigenvalue weighted by Gasteiger charge is -2.35. The largest absolute Gasteiger partial charge is 0.305 e. The molecule has 1 fully saturated rings. The van der Waals surface area contributed by atoms with Gasteiger partial charge in [0.25, 0.3) is 0 Å². The third-order valence-corrected chi connectivity index (χ3v) is 5.94. The second kappa shape index (κ2) is 6.25. The van der Waals surface area contributed by atoms with Gasteiger partial charge in [0, 0.05) is 25.2 Å². The molecule has 1 aromatic carbocycles. The van der Waals surface area contributed by atoms with Gasteiger partial charge < -0.3 is 4.90 Å². The van der Waals surface area contributed by atoms with Crippen LogP contribution in [0.2, 0.25) is 0 Å². The molecule has 21 heavy (non-hydrogen) atoms. The Balaban J connectivity index is 2.28. The first kappa shape index (κ1) is 16.1. The highest BCUT2D eigenvalue weighted by Crippen LogP contribution is 2.22. The number of carbonyl (C=O) groups is 1. The Morgan fingerprint density at radius 3 is 2.71 bits per heavy atom. The number of Topliss-reactive ketones (excluding diaryl/α,β-unsaturated/α-hetero) is 1. The number of benzene rings is 1. The summed E-state index contributed by atoms with van der Waals surface area (Å²) in [5.41, 5.74) is 0.422. The number of likely N-dealkylation sites (tertiary alicyclic amines) is 1. The molecule has 6 heteroatoms. The first-order valence-corrected chi connectivity index (χ1v) is 8.54. The average Bonchev–Trinajstić information content (AvgIpc) is 2.46. The molecule has 2 rings (SSSR count). The van der Waals surface area contributed by atoms with Crippen LogP contribution in [0.3, 0.4) is 0 Å². The summed E-state index contributed by atoms with van der Waals surface area (Å²) in [6.45, 7) is 3.18. The van der Waals surface area contributed by atoms with Crippen LogP contribution in [0.5, 0.6) is 0 Å². The number of ketones is 1. The van der Waals surface area contributed by atoms with Crippen molar-refractivity contribution in [3.05, 3.63) is 29.8 Å². The minimum atomic E-state index is -3.56. The smallest absolute Gasteiger partial charge is 0.243 e. The predicted molar refractivity (Wildman–Crippen MR) is 81.9 cm³/mol. The maximum atomic E-state index is 12.7. The maximum absolute atomic E-state index is 12.7. The molecule has 0 aromatic heterocycles. The molecule has 1 heterocycles. The van der Waals surface area contributed by atoms with Crippen LogP contribution in [0.4, 0.5) is 0 Å². The highest BCUT2D eigenvalue weighted by Gasteiger charge is 2.30. The molecule has 1 aromatic rings. The number of hydrogen-bond donors (Lipinski definition) is 0. The summed E-state index contributed by atoms with van der Waals surface area (Å²) in [6, 6.07) is 6.24. The zero-order valence-corrected chi connectivity index (χ0v) is 13.6. The SMILES string of the molecule is CC(=O)c1cccc(S(=O)(=O)N(C)C2CCCN(C)C2)c1. The zero-order valence-electron chi connectivity index (χ0n) is 12.7. The molecule has 1 aliphatic rings. The molecule has 1 aliphatic heterocycles. The van der Waals surface area contributed by atoms with E-state index in [0.29, 0.717) is 5.56 Å². The molecular weight excluding hydrogens is 288 g/mol. The Morgan fingerprint density at radius 2 is 2.10 bits per heavy atom. The Morgan fingerprint density at radius 1 is 1.38 bits per heavy atom. The fourth-order valence-corrected chi connectivity index (χ4v) is 4.10. The lowest BCUT2D eigenvalue weighted by molar-refractivity contribution is 0.101. The van der Waals surface area contributed by atoms with Crippen molar-refractivity contribution < 1.29 is 13.2 Å². The molecule has 5 nitrogen and oxygen atoms in total. The molecule has 1 unspecified atom stereocenters. The van der Waals surface area contributed by atoms with Gasteiger partial charge >= 0.3 is 0 Å². The first-order chi connectivity index (χ1) is 9.82. The summed E-state index contributed by atoms with van der Waals surface area (Å²) >= 11 is 0. The van der Waals surface area contributed by atoms with E-state index in [1.807, 2.05) is 7.05 Å². The van der Waals surface area contributed by atoms with E-state index < -0.39 is 10.0 Å². The molecule has 0 saturated carbocycles. The van der Waals surface area contributed by atoms with Crippen LogP contribution in [-0.2, 0) is 10.0 Å². The second-order valence-electron chi connectivity index (χ2n) is 5.66. The summed E-state index contributed by atoms with van der Waals surface area (Å²) in [5, 5.41) is 0. The molecule has 0 N–H and O–H groups in total. The quantitative estimate of drug-likeness (QED) is 0.793. The van der Waals surface area contributed by atoms with E-state index in [-0.39, 0.29) is 16.7 Å². The molecule has 0 aliphatic carbocycles. The van der Waals surface area contributed by atoms with Crippen LogP contribution in [-0.4, -0.2) is 56.6 Å². The summed E-state index contributed by atoms with van der Waals surface area (Å²) in [5.74, 6) is -0.132. The van der Waals surface area contributed by atoms with Crippen molar-refractivity contribution >= 4 is 15.8 Å². The molecule has 0 amide bonds. The van der Waals surface area contributed by atoms with E-state index in [1.54, 1.807) is 25.2 Å². The van der Waals surface area contributed by atoms with E-state index in [4.69, 9.17) is 0 Å². The van der Waals surface area contributed by atoms with Gasteiger partial charge in [-0.1, -0.05) is 12.1 Å². The fourth-order valence-electron chi connectivity index (χ4n) is 2.67. The maximum Gasteiger partial charge on any atom is 0.243 e. The van der Waals surface area contributed by atoms with E-state index in [2.05, 4.69) is 4.90 Å². The Bertz CT molecular complexity index is 628. The number of hydrogen-bond acceptors (Lipinski definition) is 4. The topological polar surface area (TPSA) is 57.7 Å². The Hall–Kier alpha value is -1.24. The van der Waals surface area contributed by atoms with E-state index in [0.717, 1.165) is 25.9 Å². The van der Waals surface area contributed by atoms with E-state index >= 15 is 0 Å². The highest BCUT2D eigenvalue weighted by molar-refractivity contribution is 7.89. The van der Waals surface area contributed by atoms with Gasteiger partial charge in [0.1, 0.15) is 0 Å². The zero-order chi connectivity index (χ0) is 15.6. The van der Waals surface area contributed by atoms with Crippen molar-refractivity contribution in [2.24, 2.45) is 0 Å². The number of carbonyl (C=O) groups excluding carboxylic acids is 1. The third kappa shape index (κ3) is 3.51. The van der Waals surface area contributed by atoms with Crippen molar-refractivity contribution in [1.82, 2.24) is 9.21 Å². The summed E-state index contributed by atoms with van der Waals surface area (Å²) in [7, 11) is 0.0640. The monoisotopic (exact) mass is 310 g/mol. The van der Waals surface area contributed by atoms with Gasteiger partial charge in [0.2, 0.25) is 10.0 Å². The van der Waals surface area contributed by atoms with Crippen molar-refractivity contribution in [2.45, 2.75) is 30.7 Å². The van der Waals surface area contributed by atoms with Gasteiger partial charge in [-0.25, -0.2) is 8.42 Å². The van der Waals surface area contributed by atoms with Crippen LogP contribution >= 0.6 is 0 Å². The molecule has 1 saturated heterocycles. The minimum absolute atomic E-state index is 0.0188. The van der Waals surface area contributed by atoms with Crippen LogP contribution in [0.15, 0.2) is 29.2 Å². The minimum Gasteiger partial charge on any atom is -0.305 e.